The molecule has 5 nitrogen and oxygen atoms in total. The summed E-state index contributed by atoms with van der Waals surface area (Å²) >= 11 is 0. The fourth-order valence-corrected chi connectivity index (χ4v) is 1.24. The molecule has 0 spiro atoms. The predicted octanol–water partition coefficient (Wildman–Crippen LogP) is 0.155. The zero-order valence-corrected chi connectivity index (χ0v) is 9.89. The van der Waals surface area contributed by atoms with Gasteiger partial charge in [0.25, 0.3) is 0 Å². The molecule has 0 aliphatic heterocycles. The van der Waals surface area contributed by atoms with E-state index in [2.05, 4.69) is 5.32 Å². The highest BCUT2D eigenvalue weighted by Crippen LogP contribution is 2.07. The Morgan fingerprint density at radius 3 is 2.65 bits per heavy atom. The molecule has 1 aromatic rings. The van der Waals surface area contributed by atoms with Gasteiger partial charge in [-0.2, -0.15) is 0 Å². The van der Waals surface area contributed by atoms with Crippen molar-refractivity contribution >= 4 is 5.91 Å². The number of nitrogens with one attached hydrogen (secondary N) is 1. The van der Waals surface area contributed by atoms with E-state index in [-0.39, 0.29) is 6.61 Å². The second-order valence-electron chi connectivity index (χ2n) is 3.48. The van der Waals surface area contributed by atoms with Crippen molar-refractivity contribution in [3.05, 3.63) is 30.3 Å². The van der Waals surface area contributed by atoms with Crippen molar-refractivity contribution < 1.29 is 14.3 Å². The fourth-order valence-electron chi connectivity index (χ4n) is 1.24. The van der Waals surface area contributed by atoms with Crippen molar-refractivity contribution in [2.75, 3.05) is 26.9 Å². The minimum absolute atomic E-state index is 0.254. The zero-order valence-electron chi connectivity index (χ0n) is 9.89. The first kappa shape index (κ1) is 13.5. The first-order valence-electron chi connectivity index (χ1n) is 5.46. The molecule has 0 radical (unpaired) electrons. The monoisotopic (exact) mass is 238 g/mol. The van der Waals surface area contributed by atoms with Crippen LogP contribution in [0, 0.1) is 0 Å². The lowest BCUT2D eigenvalue weighted by Crippen LogP contribution is -2.42. The van der Waals surface area contributed by atoms with Crippen LogP contribution in [-0.2, 0) is 9.53 Å². The van der Waals surface area contributed by atoms with E-state index in [1.807, 2.05) is 30.3 Å². The number of benzene rings is 1. The summed E-state index contributed by atoms with van der Waals surface area (Å²) in [5.41, 5.74) is 5.14. The lowest BCUT2D eigenvalue weighted by Gasteiger charge is -2.12. The second kappa shape index (κ2) is 7.65. The Kier molecular flexibility index (Phi) is 6.06. The highest BCUT2D eigenvalue weighted by atomic mass is 16.5. The van der Waals surface area contributed by atoms with Crippen LogP contribution >= 0.6 is 0 Å². The van der Waals surface area contributed by atoms with Crippen LogP contribution in [0.2, 0.25) is 0 Å². The van der Waals surface area contributed by atoms with Crippen LogP contribution < -0.4 is 15.8 Å². The van der Waals surface area contributed by atoms with Gasteiger partial charge in [0.1, 0.15) is 18.4 Å². The topological polar surface area (TPSA) is 73.6 Å². The summed E-state index contributed by atoms with van der Waals surface area (Å²) in [6.45, 7) is 1.11. The van der Waals surface area contributed by atoms with Crippen LogP contribution in [0.15, 0.2) is 30.3 Å². The van der Waals surface area contributed by atoms with Crippen LogP contribution in [0.4, 0.5) is 0 Å². The molecule has 17 heavy (non-hydrogen) atoms. The summed E-state index contributed by atoms with van der Waals surface area (Å²) in [4.78, 5) is 10.9. The summed E-state index contributed by atoms with van der Waals surface area (Å²) < 4.78 is 10.7. The zero-order chi connectivity index (χ0) is 12.5. The van der Waals surface area contributed by atoms with Crippen LogP contribution in [-0.4, -0.2) is 38.8 Å². The number of nitrogens with two attached hydrogens (primary N) is 1. The van der Waals surface area contributed by atoms with Crippen molar-refractivity contribution in [1.82, 2.24) is 5.32 Å². The normalized spacial score (nSPS) is 12.1. The molecule has 0 bridgehead atoms. The van der Waals surface area contributed by atoms with Crippen molar-refractivity contribution in [2.24, 2.45) is 5.73 Å². The van der Waals surface area contributed by atoms with E-state index in [0.29, 0.717) is 13.2 Å². The smallest absolute Gasteiger partial charge is 0.236 e. The summed E-state index contributed by atoms with van der Waals surface area (Å²) in [5.74, 6) is 0.382. The molecule has 94 valence electrons. The Morgan fingerprint density at radius 2 is 2.06 bits per heavy atom. The number of likely N-dealkylation sites (N-methyl/N-ethyl adjacent to an activating group) is 1. The van der Waals surface area contributed by atoms with Gasteiger partial charge in [-0.15, -0.1) is 0 Å². The first-order chi connectivity index (χ1) is 8.24. The lowest BCUT2D eigenvalue weighted by atomic mass is 10.3. The largest absolute Gasteiger partial charge is 0.491 e. The Morgan fingerprint density at radius 1 is 1.35 bits per heavy atom. The summed E-state index contributed by atoms with van der Waals surface area (Å²) in [6.07, 6.45) is 0. The number of carbonyl (C=O) groups excluding carboxylic acids is 1. The molecular formula is C12H18N2O3. The number of hydrogen-bond donors (Lipinski definition) is 2. The maximum absolute atomic E-state index is 10.9. The Hall–Kier alpha value is -1.59. The molecule has 1 rings (SSSR count). The number of ether oxygens (including phenoxy) is 2. The highest BCUT2D eigenvalue weighted by molar-refractivity contribution is 5.79. The van der Waals surface area contributed by atoms with Gasteiger partial charge in [0.15, 0.2) is 0 Å². The van der Waals surface area contributed by atoms with Crippen LogP contribution in [0.3, 0.4) is 0 Å². The molecule has 0 fully saturated rings. The number of para-hydroxylation sites is 1. The minimum atomic E-state index is -0.452. The summed E-state index contributed by atoms with van der Waals surface area (Å²) in [5, 5.41) is 2.77. The Labute approximate surface area is 101 Å². The SMILES string of the molecule is CNC(COCCOc1ccccc1)C(N)=O. The molecule has 0 aliphatic rings. The third kappa shape index (κ3) is 5.33. The van der Waals surface area contributed by atoms with Gasteiger partial charge < -0.3 is 20.5 Å². The molecule has 0 saturated carbocycles. The molecule has 1 atom stereocenters. The third-order valence-corrected chi connectivity index (χ3v) is 2.22. The molecule has 0 aromatic heterocycles. The van der Waals surface area contributed by atoms with E-state index in [9.17, 15) is 4.79 Å². The highest BCUT2D eigenvalue weighted by Gasteiger charge is 2.11. The van der Waals surface area contributed by atoms with E-state index < -0.39 is 11.9 Å². The van der Waals surface area contributed by atoms with E-state index in [1.54, 1.807) is 7.05 Å². The number of hydrogen-bond acceptors (Lipinski definition) is 4. The van der Waals surface area contributed by atoms with E-state index >= 15 is 0 Å². The molecule has 0 saturated heterocycles. The number of primary amides is 1. The molecule has 0 heterocycles. The predicted molar refractivity (Wildman–Crippen MR) is 64.8 cm³/mol. The Balaban J connectivity index is 2.10. The lowest BCUT2D eigenvalue weighted by molar-refractivity contribution is -0.121. The molecule has 1 aromatic carbocycles. The van der Waals surface area contributed by atoms with Gasteiger partial charge >= 0.3 is 0 Å². The van der Waals surface area contributed by atoms with Crippen molar-refractivity contribution in [3.8, 4) is 5.75 Å². The Bertz CT molecular complexity index is 330. The number of amides is 1. The van der Waals surface area contributed by atoms with Crippen LogP contribution in [0.5, 0.6) is 5.75 Å². The average Bonchev–Trinajstić information content (AvgIpc) is 2.34. The van der Waals surface area contributed by atoms with Gasteiger partial charge in [0, 0.05) is 0 Å². The standard InChI is InChI=1S/C12H18N2O3/c1-14-11(12(13)15)9-16-7-8-17-10-5-3-2-4-6-10/h2-6,11,14H,7-9H2,1H3,(H2,13,15). The molecule has 3 N–H and O–H groups in total. The summed E-state index contributed by atoms with van der Waals surface area (Å²) in [6, 6.07) is 9.03. The molecule has 0 aliphatic carbocycles. The van der Waals surface area contributed by atoms with Gasteiger partial charge in [0.2, 0.25) is 5.91 Å². The van der Waals surface area contributed by atoms with Crippen LogP contribution in [0.1, 0.15) is 0 Å². The maximum Gasteiger partial charge on any atom is 0.236 e. The van der Waals surface area contributed by atoms with Gasteiger partial charge in [-0.25, -0.2) is 0 Å². The van der Waals surface area contributed by atoms with Crippen LogP contribution in [0.25, 0.3) is 0 Å². The molecule has 1 amide bonds. The molecule has 5 heteroatoms. The maximum atomic E-state index is 10.9. The van der Waals surface area contributed by atoms with E-state index in [0.717, 1.165) is 5.75 Å². The average molecular weight is 238 g/mol. The minimum Gasteiger partial charge on any atom is -0.491 e. The number of carbonyl (C=O) groups is 1. The van der Waals surface area contributed by atoms with Crippen molar-refractivity contribution in [2.45, 2.75) is 6.04 Å². The van der Waals surface area contributed by atoms with E-state index in [1.165, 1.54) is 0 Å². The first-order valence-corrected chi connectivity index (χ1v) is 5.46. The molecule has 1 unspecified atom stereocenters. The quantitative estimate of drug-likeness (QED) is 0.632. The third-order valence-electron chi connectivity index (χ3n) is 2.22. The van der Waals surface area contributed by atoms with Gasteiger partial charge in [-0.1, -0.05) is 18.2 Å². The van der Waals surface area contributed by atoms with Crippen molar-refractivity contribution in [3.63, 3.8) is 0 Å². The van der Waals surface area contributed by atoms with Gasteiger partial charge in [0.05, 0.1) is 13.2 Å². The second-order valence-corrected chi connectivity index (χ2v) is 3.48. The van der Waals surface area contributed by atoms with Gasteiger partial charge in [-0.05, 0) is 19.2 Å². The summed E-state index contributed by atoms with van der Waals surface area (Å²) in [7, 11) is 1.67. The number of rotatable bonds is 8. The fraction of sp³-hybridized carbons (Fsp3) is 0.417. The van der Waals surface area contributed by atoms with E-state index in [4.69, 9.17) is 15.2 Å². The van der Waals surface area contributed by atoms with Crippen molar-refractivity contribution in [1.29, 1.82) is 0 Å². The molecular weight excluding hydrogens is 220 g/mol. The van der Waals surface area contributed by atoms with Gasteiger partial charge in [-0.3, -0.25) is 4.79 Å².